The molecule has 70 valence electrons. The smallest absolute Gasteiger partial charge is 0.0742 e. The summed E-state index contributed by atoms with van der Waals surface area (Å²) in [6.45, 7) is 7.98. The maximum atomic E-state index is 5.97. The first-order valence-electron chi connectivity index (χ1n) is 5.38. The summed E-state index contributed by atoms with van der Waals surface area (Å²) in [6, 6.07) is 0. The molecule has 2 bridgehead atoms. The molecule has 0 aromatic rings. The summed E-state index contributed by atoms with van der Waals surface area (Å²) in [5.74, 6) is 2.55. The van der Waals surface area contributed by atoms with Crippen molar-refractivity contribution in [3.63, 3.8) is 0 Å². The third-order valence-corrected chi connectivity index (χ3v) is 4.23. The summed E-state index contributed by atoms with van der Waals surface area (Å²) in [6.07, 6.45) is 3.93. The Morgan fingerprint density at radius 3 is 2.75 bits per heavy atom. The third-order valence-electron chi connectivity index (χ3n) is 4.23. The van der Waals surface area contributed by atoms with E-state index in [1.54, 1.807) is 0 Å². The van der Waals surface area contributed by atoms with Gasteiger partial charge in [-0.2, -0.15) is 0 Å². The van der Waals surface area contributed by atoms with Gasteiger partial charge in [-0.05, 0) is 24.2 Å². The first kappa shape index (κ1) is 8.55. The lowest BCUT2D eigenvalue weighted by molar-refractivity contribution is -0.0957. The van der Waals surface area contributed by atoms with Crippen molar-refractivity contribution in [2.75, 3.05) is 6.61 Å². The molecule has 1 aliphatic carbocycles. The normalized spacial score (nSPS) is 47.2. The van der Waals surface area contributed by atoms with E-state index < -0.39 is 0 Å². The summed E-state index contributed by atoms with van der Waals surface area (Å²) in [5, 5.41) is 0. The molecule has 2 aliphatic heterocycles. The van der Waals surface area contributed by atoms with Crippen molar-refractivity contribution in [2.45, 2.75) is 45.6 Å². The molecule has 1 heteroatoms. The van der Waals surface area contributed by atoms with E-state index in [0.717, 1.165) is 24.4 Å². The van der Waals surface area contributed by atoms with Crippen LogP contribution in [0.1, 0.15) is 40.0 Å². The molecular formula is C11H20O. The highest BCUT2D eigenvalue weighted by molar-refractivity contribution is 5.10. The Bertz CT molecular complexity index is 174. The summed E-state index contributed by atoms with van der Waals surface area (Å²) in [5.41, 5.74) is 0.314. The minimum absolute atomic E-state index is 0.314. The van der Waals surface area contributed by atoms with Crippen molar-refractivity contribution >= 4 is 0 Å². The van der Waals surface area contributed by atoms with Gasteiger partial charge in [-0.3, -0.25) is 0 Å². The highest BCUT2D eigenvalue weighted by atomic mass is 16.5. The molecule has 3 fully saturated rings. The second-order valence-corrected chi connectivity index (χ2v) is 4.55. The predicted molar refractivity (Wildman–Crippen MR) is 50.0 cm³/mol. The molecule has 0 aromatic heterocycles. The lowest BCUT2D eigenvalue weighted by atomic mass is 9.58. The highest BCUT2D eigenvalue weighted by Gasteiger charge is 2.61. The maximum absolute atomic E-state index is 5.97. The molecule has 2 saturated heterocycles. The Labute approximate surface area is 75.5 Å². The SMILES string of the molecule is CCC(C)C12CC(CO1)C2CC. The minimum Gasteiger partial charge on any atom is -0.374 e. The van der Waals surface area contributed by atoms with Gasteiger partial charge in [0.1, 0.15) is 0 Å². The molecule has 0 amide bonds. The van der Waals surface area contributed by atoms with Crippen LogP contribution in [-0.2, 0) is 4.74 Å². The van der Waals surface area contributed by atoms with Crippen molar-refractivity contribution in [3.05, 3.63) is 0 Å². The van der Waals surface area contributed by atoms with Crippen LogP contribution in [-0.4, -0.2) is 12.2 Å². The Hall–Kier alpha value is -0.0400. The number of hydrogen-bond acceptors (Lipinski definition) is 1. The molecule has 12 heavy (non-hydrogen) atoms. The summed E-state index contributed by atoms with van der Waals surface area (Å²) >= 11 is 0. The van der Waals surface area contributed by atoms with Crippen LogP contribution < -0.4 is 0 Å². The zero-order chi connectivity index (χ0) is 8.77. The average Bonchev–Trinajstić information content (AvgIpc) is 2.61. The molecule has 3 rings (SSSR count). The van der Waals surface area contributed by atoms with Crippen LogP contribution in [0.15, 0.2) is 0 Å². The Balaban J connectivity index is 2.11. The molecule has 2 heterocycles. The fraction of sp³-hybridized carbons (Fsp3) is 1.00. The van der Waals surface area contributed by atoms with E-state index in [-0.39, 0.29) is 0 Å². The first-order valence-corrected chi connectivity index (χ1v) is 5.38. The van der Waals surface area contributed by atoms with Crippen LogP contribution in [0, 0.1) is 17.8 Å². The monoisotopic (exact) mass is 168 g/mol. The lowest BCUT2D eigenvalue weighted by Crippen LogP contribution is -2.51. The molecular weight excluding hydrogens is 148 g/mol. The van der Waals surface area contributed by atoms with E-state index in [1.807, 2.05) is 0 Å². The molecule has 0 spiro atoms. The van der Waals surface area contributed by atoms with E-state index in [4.69, 9.17) is 4.74 Å². The van der Waals surface area contributed by atoms with E-state index >= 15 is 0 Å². The number of hydrogen-bond donors (Lipinski definition) is 0. The Morgan fingerprint density at radius 2 is 2.25 bits per heavy atom. The van der Waals surface area contributed by atoms with Crippen molar-refractivity contribution in [1.82, 2.24) is 0 Å². The molecule has 0 N–H and O–H groups in total. The second-order valence-electron chi connectivity index (χ2n) is 4.55. The molecule has 3 aliphatic rings. The first-order chi connectivity index (χ1) is 5.74. The van der Waals surface area contributed by atoms with Gasteiger partial charge < -0.3 is 4.74 Å². The van der Waals surface area contributed by atoms with Crippen molar-refractivity contribution < 1.29 is 4.74 Å². The van der Waals surface area contributed by atoms with Gasteiger partial charge in [0.15, 0.2) is 0 Å². The van der Waals surface area contributed by atoms with Crippen LogP contribution in [0.25, 0.3) is 0 Å². The zero-order valence-electron chi connectivity index (χ0n) is 8.47. The summed E-state index contributed by atoms with van der Waals surface area (Å²) in [7, 11) is 0. The van der Waals surface area contributed by atoms with Crippen molar-refractivity contribution in [1.29, 1.82) is 0 Å². The van der Waals surface area contributed by atoms with Crippen LogP contribution in [0.4, 0.5) is 0 Å². The molecule has 0 radical (unpaired) electrons. The van der Waals surface area contributed by atoms with Gasteiger partial charge in [-0.25, -0.2) is 0 Å². The zero-order valence-corrected chi connectivity index (χ0v) is 8.47. The van der Waals surface area contributed by atoms with Crippen LogP contribution in [0.5, 0.6) is 0 Å². The van der Waals surface area contributed by atoms with Gasteiger partial charge in [0.2, 0.25) is 0 Å². The molecule has 1 saturated carbocycles. The van der Waals surface area contributed by atoms with E-state index in [2.05, 4.69) is 20.8 Å². The van der Waals surface area contributed by atoms with Crippen LogP contribution in [0.2, 0.25) is 0 Å². The van der Waals surface area contributed by atoms with Crippen molar-refractivity contribution in [2.24, 2.45) is 17.8 Å². The fourth-order valence-electron chi connectivity index (χ4n) is 3.28. The Morgan fingerprint density at radius 1 is 1.50 bits per heavy atom. The number of rotatable bonds is 3. The standard InChI is InChI=1S/C11H20O/c1-4-8(3)11-6-9(7-12-11)10(11)5-2/h8-10H,4-7H2,1-3H3. The summed E-state index contributed by atoms with van der Waals surface area (Å²) < 4.78 is 5.97. The fourth-order valence-corrected chi connectivity index (χ4v) is 3.28. The van der Waals surface area contributed by atoms with E-state index in [1.165, 1.54) is 19.3 Å². The predicted octanol–water partition coefficient (Wildman–Crippen LogP) is 2.85. The molecule has 4 atom stereocenters. The lowest BCUT2D eigenvalue weighted by Gasteiger charge is -2.48. The van der Waals surface area contributed by atoms with E-state index in [0.29, 0.717) is 5.60 Å². The van der Waals surface area contributed by atoms with Gasteiger partial charge in [0.05, 0.1) is 12.2 Å². The van der Waals surface area contributed by atoms with Crippen LogP contribution >= 0.6 is 0 Å². The highest BCUT2D eigenvalue weighted by Crippen LogP contribution is 2.59. The van der Waals surface area contributed by atoms with Crippen LogP contribution in [0.3, 0.4) is 0 Å². The number of fused-ring (bicyclic) bond motifs is 1. The molecule has 0 aromatic carbocycles. The minimum atomic E-state index is 0.314. The third kappa shape index (κ3) is 0.834. The average molecular weight is 168 g/mol. The van der Waals surface area contributed by atoms with Gasteiger partial charge in [-0.1, -0.05) is 33.6 Å². The van der Waals surface area contributed by atoms with Gasteiger partial charge in [0.25, 0.3) is 0 Å². The maximum Gasteiger partial charge on any atom is 0.0742 e. The van der Waals surface area contributed by atoms with Crippen molar-refractivity contribution in [3.8, 4) is 0 Å². The van der Waals surface area contributed by atoms with Gasteiger partial charge in [-0.15, -0.1) is 0 Å². The van der Waals surface area contributed by atoms with Gasteiger partial charge >= 0.3 is 0 Å². The summed E-state index contributed by atoms with van der Waals surface area (Å²) in [4.78, 5) is 0. The quantitative estimate of drug-likeness (QED) is 0.629. The second kappa shape index (κ2) is 2.73. The Kier molecular flexibility index (Phi) is 1.95. The van der Waals surface area contributed by atoms with Gasteiger partial charge in [0, 0.05) is 0 Å². The number of ether oxygens (including phenoxy) is 1. The topological polar surface area (TPSA) is 9.23 Å². The molecule has 4 unspecified atom stereocenters. The molecule has 1 nitrogen and oxygen atoms in total. The largest absolute Gasteiger partial charge is 0.374 e. The van der Waals surface area contributed by atoms with E-state index in [9.17, 15) is 0 Å².